The molecule has 0 saturated carbocycles. The fourth-order valence-corrected chi connectivity index (χ4v) is 3.33. The molecule has 1 aromatic carbocycles. The number of pyridine rings is 2. The third-order valence-electron chi connectivity index (χ3n) is 4.61. The summed E-state index contributed by atoms with van der Waals surface area (Å²) in [6.07, 6.45) is 3.14. The van der Waals surface area contributed by atoms with Gasteiger partial charge in [-0.25, -0.2) is 14.2 Å². The zero-order valence-corrected chi connectivity index (χ0v) is 16.1. The lowest BCUT2D eigenvalue weighted by Gasteiger charge is -2.11. The van der Waals surface area contributed by atoms with Crippen molar-refractivity contribution in [2.45, 2.75) is 6.54 Å². The molecule has 146 valence electrons. The summed E-state index contributed by atoms with van der Waals surface area (Å²) in [6.45, 7) is 0.197. The van der Waals surface area contributed by atoms with Crippen LogP contribution in [0.25, 0.3) is 16.8 Å². The Labute approximate surface area is 170 Å². The number of aromatic hydroxyl groups is 1. The van der Waals surface area contributed by atoms with Gasteiger partial charge in [0.05, 0.1) is 13.3 Å². The summed E-state index contributed by atoms with van der Waals surface area (Å²) in [6, 6.07) is 13.0. The molecule has 0 bridgehead atoms. The topological polar surface area (TPSA) is 67.7 Å². The first-order chi connectivity index (χ1) is 14.0. The highest BCUT2D eigenvalue weighted by Crippen LogP contribution is 2.31. The van der Waals surface area contributed by atoms with E-state index in [0.29, 0.717) is 10.8 Å². The van der Waals surface area contributed by atoms with Crippen LogP contribution >= 0.6 is 11.6 Å². The molecule has 0 aliphatic carbocycles. The van der Waals surface area contributed by atoms with Gasteiger partial charge in [0.15, 0.2) is 17.1 Å². The van der Waals surface area contributed by atoms with Gasteiger partial charge in [0, 0.05) is 23.4 Å². The van der Waals surface area contributed by atoms with Crippen LogP contribution < -0.4 is 14.9 Å². The fraction of sp³-hybridized carbons (Fsp3) is 0.0952. The summed E-state index contributed by atoms with van der Waals surface area (Å²) in [7, 11) is 1.34. The second kappa shape index (κ2) is 7.52. The SMILES string of the molecule is COc1cccc(-c2c(O)[n+](Cc3ccc(Cl)nc3)c3ccccn3c2=O)c1F. The molecule has 29 heavy (non-hydrogen) atoms. The Bertz CT molecular complexity index is 1270. The van der Waals surface area contributed by atoms with E-state index in [1.54, 1.807) is 48.8 Å². The standard InChI is InChI=1S/C21H15ClFN3O3/c1-29-15-6-4-5-14(19(15)23)18-20(27)25-10-3-2-7-17(25)26(21(18)28)12-13-8-9-16(22)24-11-13/h2-11H,12H2,1H3/p+1. The Hall–Kier alpha value is -3.45. The second-order valence-electron chi connectivity index (χ2n) is 6.33. The van der Waals surface area contributed by atoms with E-state index in [-0.39, 0.29) is 29.3 Å². The van der Waals surface area contributed by atoms with Crippen LogP contribution in [0, 0.1) is 5.82 Å². The van der Waals surface area contributed by atoms with Crippen molar-refractivity contribution in [3.05, 3.63) is 87.8 Å². The monoisotopic (exact) mass is 412 g/mol. The summed E-state index contributed by atoms with van der Waals surface area (Å²) < 4.78 is 22.8. The first-order valence-electron chi connectivity index (χ1n) is 8.70. The van der Waals surface area contributed by atoms with Gasteiger partial charge in [0.2, 0.25) is 0 Å². The molecular weight excluding hydrogens is 397 g/mol. The first kappa shape index (κ1) is 18.9. The van der Waals surface area contributed by atoms with E-state index in [1.165, 1.54) is 28.2 Å². The van der Waals surface area contributed by atoms with Crippen LogP contribution in [0.4, 0.5) is 4.39 Å². The third kappa shape index (κ3) is 3.30. The predicted molar refractivity (Wildman–Crippen MR) is 106 cm³/mol. The Kier molecular flexibility index (Phi) is 4.90. The third-order valence-corrected chi connectivity index (χ3v) is 4.83. The minimum absolute atomic E-state index is 0.0205. The molecule has 3 aromatic heterocycles. The molecule has 0 aliphatic heterocycles. The molecule has 0 saturated heterocycles. The van der Waals surface area contributed by atoms with E-state index in [1.807, 2.05) is 0 Å². The van der Waals surface area contributed by atoms with Crippen LogP contribution in [-0.2, 0) is 6.54 Å². The highest BCUT2D eigenvalue weighted by atomic mass is 35.5. The Morgan fingerprint density at radius 1 is 1.21 bits per heavy atom. The van der Waals surface area contributed by atoms with Crippen molar-refractivity contribution in [3.8, 4) is 22.8 Å². The van der Waals surface area contributed by atoms with E-state index < -0.39 is 11.4 Å². The lowest BCUT2D eigenvalue weighted by molar-refractivity contribution is -0.671. The van der Waals surface area contributed by atoms with Crippen molar-refractivity contribution in [1.82, 2.24) is 9.38 Å². The summed E-state index contributed by atoms with van der Waals surface area (Å²) >= 11 is 5.85. The molecule has 0 atom stereocenters. The molecule has 1 N–H and O–H groups in total. The van der Waals surface area contributed by atoms with Crippen LogP contribution in [0.2, 0.25) is 5.15 Å². The summed E-state index contributed by atoms with van der Waals surface area (Å²) in [4.78, 5) is 17.1. The lowest BCUT2D eigenvalue weighted by atomic mass is 10.1. The van der Waals surface area contributed by atoms with E-state index >= 15 is 0 Å². The molecule has 4 aromatic rings. The van der Waals surface area contributed by atoms with Gasteiger partial charge in [-0.3, -0.25) is 0 Å². The van der Waals surface area contributed by atoms with E-state index in [4.69, 9.17) is 16.3 Å². The molecule has 4 rings (SSSR count). The smallest absolute Gasteiger partial charge is 0.354 e. The molecule has 6 nitrogen and oxygen atoms in total. The number of ether oxygens (including phenoxy) is 1. The Morgan fingerprint density at radius 3 is 2.76 bits per heavy atom. The minimum atomic E-state index is -0.724. The van der Waals surface area contributed by atoms with Gasteiger partial charge < -0.3 is 9.84 Å². The summed E-state index contributed by atoms with van der Waals surface area (Å²) in [5.41, 5.74) is 0.434. The Morgan fingerprint density at radius 2 is 2.03 bits per heavy atom. The van der Waals surface area contributed by atoms with Crippen LogP contribution in [0.1, 0.15) is 5.56 Å². The van der Waals surface area contributed by atoms with Crippen molar-refractivity contribution in [2.75, 3.05) is 7.11 Å². The number of nitrogens with zero attached hydrogens (tertiary/aromatic N) is 3. The molecule has 0 radical (unpaired) electrons. The highest BCUT2D eigenvalue weighted by molar-refractivity contribution is 6.29. The van der Waals surface area contributed by atoms with Gasteiger partial charge in [0.25, 0.3) is 11.5 Å². The molecule has 0 amide bonds. The van der Waals surface area contributed by atoms with Gasteiger partial charge in [-0.15, -0.1) is 0 Å². The van der Waals surface area contributed by atoms with E-state index in [9.17, 15) is 14.3 Å². The zero-order chi connectivity index (χ0) is 20.5. The van der Waals surface area contributed by atoms with Crippen LogP contribution in [0.15, 0.2) is 65.7 Å². The largest absolute Gasteiger partial charge is 0.494 e. The minimum Gasteiger partial charge on any atom is -0.494 e. The number of hydrogen-bond acceptors (Lipinski definition) is 4. The van der Waals surface area contributed by atoms with Crippen molar-refractivity contribution in [3.63, 3.8) is 0 Å². The quantitative estimate of drug-likeness (QED) is 0.413. The number of hydrogen-bond donors (Lipinski definition) is 1. The van der Waals surface area contributed by atoms with Crippen molar-refractivity contribution in [1.29, 1.82) is 0 Å². The lowest BCUT2D eigenvalue weighted by Crippen LogP contribution is -2.41. The Balaban J connectivity index is 2.02. The normalized spacial score (nSPS) is 11.0. The van der Waals surface area contributed by atoms with E-state index in [0.717, 1.165) is 5.56 Å². The second-order valence-corrected chi connectivity index (χ2v) is 6.72. The van der Waals surface area contributed by atoms with Crippen molar-refractivity contribution >= 4 is 17.2 Å². The highest BCUT2D eigenvalue weighted by Gasteiger charge is 2.27. The number of fused-ring (bicyclic) bond motifs is 1. The van der Waals surface area contributed by atoms with Crippen molar-refractivity contribution < 1.29 is 18.8 Å². The summed E-state index contributed by atoms with van der Waals surface area (Å²) in [5.74, 6) is -1.10. The fourth-order valence-electron chi connectivity index (χ4n) is 3.22. The number of methoxy groups -OCH3 is 1. The number of rotatable bonds is 4. The van der Waals surface area contributed by atoms with Gasteiger partial charge >= 0.3 is 5.56 Å². The number of benzene rings is 1. The van der Waals surface area contributed by atoms with Gasteiger partial charge in [0.1, 0.15) is 11.7 Å². The maximum absolute atomic E-state index is 14.9. The molecule has 0 unspecified atom stereocenters. The summed E-state index contributed by atoms with van der Waals surface area (Å²) in [5, 5.41) is 11.4. The number of aromatic nitrogens is 3. The maximum atomic E-state index is 14.9. The molecular formula is C21H16ClFN3O3+. The van der Waals surface area contributed by atoms with Crippen molar-refractivity contribution in [2.24, 2.45) is 0 Å². The molecule has 3 heterocycles. The van der Waals surface area contributed by atoms with Gasteiger partial charge in [-0.1, -0.05) is 35.9 Å². The molecule has 8 heteroatoms. The average Bonchev–Trinajstić information content (AvgIpc) is 2.74. The van der Waals surface area contributed by atoms with Crippen LogP contribution in [0.3, 0.4) is 0 Å². The molecule has 0 fully saturated rings. The first-order valence-corrected chi connectivity index (χ1v) is 9.08. The zero-order valence-electron chi connectivity index (χ0n) is 15.3. The van der Waals surface area contributed by atoms with E-state index in [2.05, 4.69) is 4.98 Å². The van der Waals surface area contributed by atoms with Crippen LogP contribution in [0.5, 0.6) is 11.6 Å². The maximum Gasteiger partial charge on any atom is 0.354 e. The van der Waals surface area contributed by atoms with Gasteiger partial charge in [-0.2, -0.15) is 8.97 Å². The van der Waals surface area contributed by atoms with Gasteiger partial charge in [-0.05, 0) is 18.2 Å². The number of halogens is 2. The van der Waals surface area contributed by atoms with Crippen LogP contribution in [-0.4, -0.2) is 21.6 Å². The molecule has 0 aliphatic rings. The average molecular weight is 413 g/mol. The molecule has 0 spiro atoms. The predicted octanol–water partition coefficient (Wildman–Crippen LogP) is 3.20.